The third-order valence-corrected chi connectivity index (χ3v) is 3.40. The van der Waals surface area contributed by atoms with Gasteiger partial charge in [0.2, 0.25) is 0 Å². The zero-order valence-electron chi connectivity index (χ0n) is 11.1. The molecule has 0 spiro atoms. The summed E-state index contributed by atoms with van der Waals surface area (Å²) in [5.74, 6) is 0.448. The van der Waals surface area contributed by atoms with Crippen LogP contribution in [-0.4, -0.2) is 24.5 Å². The summed E-state index contributed by atoms with van der Waals surface area (Å²) < 4.78 is 29.0. The molecular weight excluding hydrogens is 273 g/mol. The Hall–Kier alpha value is -2.40. The number of halogens is 1. The van der Waals surface area contributed by atoms with Crippen molar-refractivity contribution in [3.05, 3.63) is 48.3 Å². The fourth-order valence-corrected chi connectivity index (χ4v) is 2.18. The van der Waals surface area contributed by atoms with Gasteiger partial charge in [0.15, 0.2) is 5.58 Å². The van der Waals surface area contributed by atoms with Crippen LogP contribution in [0.4, 0.5) is 4.39 Å². The Balaban J connectivity index is 1.61. The highest BCUT2D eigenvalue weighted by Gasteiger charge is 2.23. The molecule has 1 aliphatic rings. The van der Waals surface area contributed by atoms with E-state index in [9.17, 15) is 4.39 Å². The molecule has 2 heterocycles. The third-order valence-electron chi connectivity index (χ3n) is 3.40. The van der Waals surface area contributed by atoms with Crippen molar-refractivity contribution in [3.8, 4) is 17.0 Å². The van der Waals surface area contributed by atoms with E-state index in [4.69, 9.17) is 14.0 Å². The first-order valence-corrected chi connectivity index (χ1v) is 6.69. The molecule has 0 N–H and O–H groups in total. The zero-order chi connectivity index (χ0) is 14.2. The minimum Gasteiger partial charge on any atom is -0.491 e. The first kappa shape index (κ1) is 12.3. The van der Waals surface area contributed by atoms with Crippen LogP contribution in [0.15, 0.2) is 47.0 Å². The highest BCUT2D eigenvalue weighted by Crippen LogP contribution is 2.29. The smallest absolute Gasteiger partial charge is 0.170 e. The van der Waals surface area contributed by atoms with Gasteiger partial charge < -0.3 is 14.0 Å². The maximum Gasteiger partial charge on any atom is 0.170 e. The number of aromatic nitrogens is 1. The highest BCUT2D eigenvalue weighted by molar-refractivity contribution is 5.91. The summed E-state index contributed by atoms with van der Waals surface area (Å²) in [4.78, 5) is 0. The molecule has 1 aromatic heterocycles. The Morgan fingerprint density at radius 3 is 2.76 bits per heavy atom. The molecule has 1 aliphatic heterocycles. The lowest BCUT2D eigenvalue weighted by atomic mass is 10.1. The van der Waals surface area contributed by atoms with Crippen LogP contribution in [0.2, 0.25) is 0 Å². The van der Waals surface area contributed by atoms with Crippen molar-refractivity contribution in [2.75, 3.05) is 13.2 Å². The molecular formula is C16H12FNO3. The number of epoxide rings is 1. The number of ether oxygens (including phenoxy) is 2. The van der Waals surface area contributed by atoms with Crippen molar-refractivity contribution in [2.45, 2.75) is 6.10 Å². The van der Waals surface area contributed by atoms with Crippen LogP contribution in [0.5, 0.6) is 5.75 Å². The Morgan fingerprint density at radius 2 is 2.00 bits per heavy atom. The molecule has 4 nitrogen and oxygen atoms in total. The van der Waals surface area contributed by atoms with Crippen LogP contribution in [0.3, 0.4) is 0 Å². The molecule has 0 radical (unpaired) electrons. The molecule has 0 saturated carbocycles. The summed E-state index contributed by atoms with van der Waals surface area (Å²) in [6, 6.07) is 12.0. The Bertz CT molecular complexity index is 778. The van der Waals surface area contributed by atoms with Gasteiger partial charge in [-0.25, -0.2) is 4.39 Å². The van der Waals surface area contributed by atoms with Crippen molar-refractivity contribution in [2.24, 2.45) is 0 Å². The van der Waals surface area contributed by atoms with E-state index in [1.165, 1.54) is 12.1 Å². The number of rotatable bonds is 4. The molecule has 1 atom stereocenters. The summed E-state index contributed by atoms with van der Waals surface area (Å²) in [6.45, 7) is 1.35. The van der Waals surface area contributed by atoms with E-state index in [1.807, 2.05) is 24.3 Å². The number of nitrogens with zero attached hydrogens (tertiary/aromatic N) is 1. The summed E-state index contributed by atoms with van der Waals surface area (Å²) in [7, 11) is 0. The van der Waals surface area contributed by atoms with Gasteiger partial charge in [-0.1, -0.05) is 5.16 Å². The molecule has 1 saturated heterocycles. The van der Waals surface area contributed by atoms with Crippen molar-refractivity contribution in [3.63, 3.8) is 0 Å². The number of benzene rings is 2. The van der Waals surface area contributed by atoms with Gasteiger partial charge in [0.05, 0.1) is 6.61 Å². The van der Waals surface area contributed by atoms with E-state index in [0.29, 0.717) is 17.9 Å². The van der Waals surface area contributed by atoms with Crippen LogP contribution in [0.1, 0.15) is 0 Å². The summed E-state index contributed by atoms with van der Waals surface area (Å²) >= 11 is 0. The first-order valence-electron chi connectivity index (χ1n) is 6.69. The lowest BCUT2D eigenvalue weighted by Gasteiger charge is -2.04. The fourth-order valence-electron chi connectivity index (χ4n) is 2.18. The molecule has 106 valence electrons. The van der Waals surface area contributed by atoms with Gasteiger partial charge in [-0.15, -0.1) is 0 Å². The third kappa shape index (κ3) is 2.48. The highest BCUT2D eigenvalue weighted by atomic mass is 19.1. The number of fused-ring (bicyclic) bond motifs is 1. The van der Waals surface area contributed by atoms with Gasteiger partial charge in [-0.2, -0.15) is 0 Å². The summed E-state index contributed by atoms with van der Waals surface area (Å²) in [5, 5.41) is 4.81. The van der Waals surface area contributed by atoms with Crippen molar-refractivity contribution < 1.29 is 18.4 Å². The first-order chi connectivity index (χ1) is 10.3. The molecule has 0 amide bonds. The molecule has 1 fully saturated rings. The molecule has 21 heavy (non-hydrogen) atoms. The molecule has 0 bridgehead atoms. The van der Waals surface area contributed by atoms with Crippen LogP contribution in [0, 0.1) is 5.82 Å². The van der Waals surface area contributed by atoms with Crippen LogP contribution < -0.4 is 4.74 Å². The van der Waals surface area contributed by atoms with Gasteiger partial charge in [-0.05, 0) is 36.4 Å². The minimum absolute atomic E-state index is 0.235. The summed E-state index contributed by atoms with van der Waals surface area (Å²) in [6.07, 6.45) is 0.235. The van der Waals surface area contributed by atoms with E-state index in [1.54, 1.807) is 6.07 Å². The molecule has 3 aromatic rings. The Labute approximate surface area is 120 Å². The quantitative estimate of drug-likeness (QED) is 0.689. The van der Waals surface area contributed by atoms with Crippen molar-refractivity contribution in [1.29, 1.82) is 0 Å². The van der Waals surface area contributed by atoms with Gasteiger partial charge >= 0.3 is 0 Å². The van der Waals surface area contributed by atoms with E-state index >= 15 is 0 Å². The fraction of sp³-hybridized carbons (Fsp3) is 0.188. The number of hydrogen-bond donors (Lipinski definition) is 0. The van der Waals surface area contributed by atoms with Gasteiger partial charge in [0.1, 0.15) is 30.0 Å². The molecule has 1 unspecified atom stereocenters. The van der Waals surface area contributed by atoms with Gasteiger partial charge in [0, 0.05) is 17.0 Å². The second kappa shape index (κ2) is 4.86. The lowest BCUT2D eigenvalue weighted by Crippen LogP contribution is -2.03. The molecule has 4 rings (SSSR count). The largest absolute Gasteiger partial charge is 0.491 e. The predicted octanol–water partition coefficient (Wildman–Crippen LogP) is 3.41. The molecule has 0 aliphatic carbocycles. The summed E-state index contributed by atoms with van der Waals surface area (Å²) in [5.41, 5.74) is 2.04. The average molecular weight is 285 g/mol. The van der Waals surface area contributed by atoms with E-state index < -0.39 is 0 Å². The topological polar surface area (TPSA) is 47.8 Å². The van der Waals surface area contributed by atoms with Crippen molar-refractivity contribution in [1.82, 2.24) is 5.16 Å². The molecule has 5 heteroatoms. The molecule has 2 aromatic carbocycles. The standard InChI is InChI=1S/C16H12FNO3/c17-11-3-6-14-15(7-11)21-18-16(14)10-1-4-12(5-2-10)19-8-13-9-20-13/h1-7,13H,8-9H2. The van der Waals surface area contributed by atoms with Crippen LogP contribution in [0.25, 0.3) is 22.2 Å². The Morgan fingerprint density at radius 1 is 1.19 bits per heavy atom. The Kier molecular flexibility index (Phi) is 2.86. The van der Waals surface area contributed by atoms with Gasteiger partial charge in [-0.3, -0.25) is 0 Å². The van der Waals surface area contributed by atoms with Crippen LogP contribution >= 0.6 is 0 Å². The monoisotopic (exact) mass is 285 g/mol. The van der Waals surface area contributed by atoms with E-state index in [2.05, 4.69) is 5.16 Å². The second-order valence-electron chi connectivity index (χ2n) is 4.96. The van der Waals surface area contributed by atoms with Gasteiger partial charge in [0.25, 0.3) is 0 Å². The average Bonchev–Trinajstić information content (AvgIpc) is 3.24. The second-order valence-corrected chi connectivity index (χ2v) is 4.96. The normalized spacial score (nSPS) is 17.1. The van der Waals surface area contributed by atoms with Crippen LogP contribution in [-0.2, 0) is 4.74 Å². The van der Waals surface area contributed by atoms with E-state index in [-0.39, 0.29) is 11.9 Å². The maximum absolute atomic E-state index is 13.1. The predicted molar refractivity (Wildman–Crippen MR) is 74.6 cm³/mol. The SMILES string of the molecule is Fc1ccc2c(-c3ccc(OCC4CO4)cc3)noc2c1. The minimum atomic E-state index is -0.337. The lowest BCUT2D eigenvalue weighted by molar-refractivity contribution is 0.263. The zero-order valence-corrected chi connectivity index (χ0v) is 11.1. The maximum atomic E-state index is 13.1. The van der Waals surface area contributed by atoms with E-state index in [0.717, 1.165) is 23.3 Å². The van der Waals surface area contributed by atoms with Crippen molar-refractivity contribution >= 4 is 11.0 Å². The number of hydrogen-bond acceptors (Lipinski definition) is 4.